The van der Waals surface area contributed by atoms with Crippen LogP contribution in [0, 0.1) is 12.7 Å². The van der Waals surface area contributed by atoms with Gasteiger partial charge in [-0.3, -0.25) is 4.79 Å². The maximum atomic E-state index is 13.2. The molecule has 0 amide bonds. The van der Waals surface area contributed by atoms with Crippen molar-refractivity contribution in [3.05, 3.63) is 29.6 Å². The van der Waals surface area contributed by atoms with Gasteiger partial charge in [0, 0.05) is 12.5 Å². The molecule has 2 unspecified atom stereocenters. The third-order valence-corrected chi connectivity index (χ3v) is 3.80. The van der Waals surface area contributed by atoms with E-state index in [4.69, 9.17) is 4.74 Å². The van der Waals surface area contributed by atoms with Gasteiger partial charge in [-0.05, 0) is 38.4 Å². The molecule has 2 N–H and O–H groups in total. The summed E-state index contributed by atoms with van der Waals surface area (Å²) in [6.07, 6.45) is 1.33. The number of carboxylic acids is 1. The molecule has 0 saturated heterocycles. The van der Waals surface area contributed by atoms with Gasteiger partial charge in [0.25, 0.3) is 0 Å². The molecule has 4 nitrogen and oxygen atoms in total. The lowest BCUT2D eigenvalue weighted by atomic mass is 9.98. The highest BCUT2D eigenvalue weighted by Crippen LogP contribution is 2.33. The van der Waals surface area contributed by atoms with Crippen LogP contribution in [-0.4, -0.2) is 29.8 Å². The molecule has 19 heavy (non-hydrogen) atoms. The van der Waals surface area contributed by atoms with Crippen LogP contribution < -0.4 is 10.1 Å². The summed E-state index contributed by atoms with van der Waals surface area (Å²) in [6.45, 7) is 1.84. The van der Waals surface area contributed by atoms with Gasteiger partial charge in [0.1, 0.15) is 23.2 Å². The molecule has 1 fully saturated rings. The number of aryl methyl sites for hydroxylation is 1. The number of hydrogen-bond donors (Lipinski definition) is 2. The molecule has 1 aliphatic rings. The molecule has 0 spiro atoms. The number of hydrogen-bond acceptors (Lipinski definition) is 3. The molecule has 0 aliphatic heterocycles. The number of ether oxygens (including phenoxy) is 1. The van der Waals surface area contributed by atoms with E-state index in [1.165, 1.54) is 12.1 Å². The van der Waals surface area contributed by atoms with Gasteiger partial charge in [0.05, 0.1) is 0 Å². The first-order chi connectivity index (χ1) is 8.97. The predicted octanol–water partition coefficient (Wildman–Crippen LogP) is 2.11. The molecular formula is C14H18FNO3. The van der Waals surface area contributed by atoms with Crippen LogP contribution >= 0.6 is 0 Å². The zero-order valence-electron chi connectivity index (χ0n) is 11.1. The van der Waals surface area contributed by atoms with Gasteiger partial charge in [0.15, 0.2) is 0 Å². The monoisotopic (exact) mass is 267 g/mol. The number of carbonyl (C=O) groups is 1. The number of nitrogens with one attached hydrogen (secondary N) is 1. The Morgan fingerprint density at radius 3 is 2.89 bits per heavy atom. The van der Waals surface area contributed by atoms with Crippen molar-refractivity contribution in [2.75, 3.05) is 7.05 Å². The van der Waals surface area contributed by atoms with E-state index in [2.05, 4.69) is 5.32 Å². The van der Waals surface area contributed by atoms with Crippen LogP contribution in [0.15, 0.2) is 18.2 Å². The standard InChI is InChI=1S/C14H18FNO3/c1-9-3-4-10(15)7-12(9)19-11-5-6-14(8-11,16-2)13(17)18/h3-4,7,11,16H,5-6,8H2,1-2H3,(H,17,18). The molecule has 0 radical (unpaired) electrons. The lowest BCUT2D eigenvalue weighted by Crippen LogP contribution is -2.48. The highest BCUT2D eigenvalue weighted by Gasteiger charge is 2.45. The summed E-state index contributed by atoms with van der Waals surface area (Å²) in [7, 11) is 1.64. The lowest BCUT2D eigenvalue weighted by Gasteiger charge is -2.23. The van der Waals surface area contributed by atoms with Crippen molar-refractivity contribution in [2.24, 2.45) is 0 Å². The normalized spacial score (nSPS) is 26.4. The minimum Gasteiger partial charge on any atom is -0.490 e. The highest BCUT2D eigenvalue weighted by atomic mass is 19.1. The molecule has 1 saturated carbocycles. The van der Waals surface area contributed by atoms with Crippen LogP contribution in [0.2, 0.25) is 0 Å². The third-order valence-electron chi connectivity index (χ3n) is 3.80. The Balaban J connectivity index is 2.10. The van der Waals surface area contributed by atoms with Crippen molar-refractivity contribution in [3.63, 3.8) is 0 Å². The smallest absolute Gasteiger partial charge is 0.324 e. The third kappa shape index (κ3) is 2.71. The Kier molecular flexibility index (Phi) is 3.75. The Bertz CT molecular complexity index is 492. The topological polar surface area (TPSA) is 58.6 Å². The first-order valence-electron chi connectivity index (χ1n) is 6.32. The van der Waals surface area contributed by atoms with E-state index in [9.17, 15) is 14.3 Å². The summed E-state index contributed by atoms with van der Waals surface area (Å²) >= 11 is 0. The first-order valence-corrected chi connectivity index (χ1v) is 6.32. The van der Waals surface area contributed by atoms with Gasteiger partial charge in [-0.2, -0.15) is 0 Å². The van der Waals surface area contributed by atoms with Gasteiger partial charge >= 0.3 is 5.97 Å². The molecular weight excluding hydrogens is 249 g/mol. The fourth-order valence-electron chi connectivity index (χ4n) is 2.51. The van der Waals surface area contributed by atoms with Crippen molar-refractivity contribution in [2.45, 2.75) is 37.8 Å². The summed E-state index contributed by atoms with van der Waals surface area (Å²) in [5.74, 6) is -0.726. The van der Waals surface area contributed by atoms with Crippen molar-refractivity contribution in [1.29, 1.82) is 0 Å². The van der Waals surface area contributed by atoms with Gasteiger partial charge in [0.2, 0.25) is 0 Å². The SMILES string of the molecule is CNC1(C(=O)O)CCC(Oc2cc(F)ccc2C)C1. The van der Waals surface area contributed by atoms with Crippen molar-refractivity contribution < 1.29 is 19.0 Å². The summed E-state index contributed by atoms with van der Waals surface area (Å²) in [6, 6.07) is 4.38. The highest BCUT2D eigenvalue weighted by molar-refractivity contribution is 5.79. The van der Waals surface area contributed by atoms with E-state index in [1.54, 1.807) is 13.1 Å². The number of halogens is 1. The van der Waals surface area contributed by atoms with E-state index in [1.807, 2.05) is 6.92 Å². The summed E-state index contributed by atoms with van der Waals surface area (Å²) < 4.78 is 18.9. The maximum Gasteiger partial charge on any atom is 0.324 e. The van der Waals surface area contributed by atoms with Crippen molar-refractivity contribution >= 4 is 5.97 Å². The lowest BCUT2D eigenvalue weighted by molar-refractivity contribution is -0.144. The number of likely N-dealkylation sites (N-methyl/N-ethyl adjacent to an activating group) is 1. The Morgan fingerprint density at radius 1 is 1.58 bits per heavy atom. The molecule has 2 atom stereocenters. The fraction of sp³-hybridized carbons (Fsp3) is 0.500. The summed E-state index contributed by atoms with van der Waals surface area (Å²) in [4.78, 5) is 11.3. The zero-order valence-corrected chi connectivity index (χ0v) is 11.1. The summed E-state index contributed by atoms with van der Waals surface area (Å²) in [5.41, 5.74) is -0.0787. The Morgan fingerprint density at radius 2 is 2.32 bits per heavy atom. The predicted molar refractivity (Wildman–Crippen MR) is 68.8 cm³/mol. The Hall–Kier alpha value is -1.62. The van der Waals surface area contributed by atoms with Gasteiger partial charge in [-0.1, -0.05) is 6.07 Å². The fourth-order valence-corrected chi connectivity index (χ4v) is 2.51. The van der Waals surface area contributed by atoms with Gasteiger partial charge < -0.3 is 15.2 Å². The molecule has 0 heterocycles. The molecule has 1 aliphatic carbocycles. The van der Waals surface area contributed by atoms with Crippen LogP contribution in [0.3, 0.4) is 0 Å². The van der Waals surface area contributed by atoms with Crippen molar-refractivity contribution in [3.8, 4) is 5.75 Å². The van der Waals surface area contributed by atoms with Gasteiger partial charge in [-0.15, -0.1) is 0 Å². The van der Waals surface area contributed by atoms with E-state index in [0.29, 0.717) is 25.0 Å². The quantitative estimate of drug-likeness (QED) is 0.877. The second-order valence-electron chi connectivity index (χ2n) is 5.03. The second kappa shape index (κ2) is 5.17. The van der Waals surface area contributed by atoms with Crippen LogP contribution in [0.25, 0.3) is 0 Å². The van der Waals surface area contributed by atoms with Crippen LogP contribution in [0.1, 0.15) is 24.8 Å². The average Bonchev–Trinajstić information content (AvgIpc) is 2.79. The largest absolute Gasteiger partial charge is 0.490 e. The van der Waals surface area contributed by atoms with Gasteiger partial charge in [-0.25, -0.2) is 4.39 Å². The number of benzene rings is 1. The van der Waals surface area contributed by atoms with Crippen LogP contribution in [-0.2, 0) is 4.79 Å². The van der Waals surface area contributed by atoms with E-state index in [0.717, 1.165) is 5.56 Å². The molecule has 1 aromatic carbocycles. The molecule has 104 valence electrons. The number of rotatable bonds is 4. The minimum absolute atomic E-state index is 0.205. The van der Waals surface area contributed by atoms with Crippen molar-refractivity contribution in [1.82, 2.24) is 5.32 Å². The molecule has 0 aromatic heterocycles. The molecule has 1 aromatic rings. The van der Waals surface area contributed by atoms with E-state index in [-0.39, 0.29) is 11.9 Å². The minimum atomic E-state index is -0.925. The van der Waals surface area contributed by atoms with E-state index < -0.39 is 11.5 Å². The zero-order chi connectivity index (χ0) is 14.0. The van der Waals surface area contributed by atoms with E-state index >= 15 is 0 Å². The summed E-state index contributed by atoms with van der Waals surface area (Å²) in [5, 5.41) is 12.1. The van der Waals surface area contributed by atoms with Crippen LogP contribution in [0.4, 0.5) is 4.39 Å². The molecule has 0 bridgehead atoms. The van der Waals surface area contributed by atoms with Crippen LogP contribution in [0.5, 0.6) is 5.75 Å². The Labute approximate surface area is 111 Å². The molecule has 5 heteroatoms. The first kappa shape index (κ1) is 13.8. The maximum absolute atomic E-state index is 13.2. The number of aliphatic carboxylic acids is 1. The second-order valence-corrected chi connectivity index (χ2v) is 5.03. The number of carboxylic acid groups (broad SMARTS) is 1. The molecule has 2 rings (SSSR count). The average molecular weight is 267 g/mol.